The van der Waals surface area contributed by atoms with Crippen molar-refractivity contribution in [3.8, 4) is 0 Å². The van der Waals surface area contributed by atoms with Gasteiger partial charge in [0.25, 0.3) is 0 Å². The Balaban J connectivity index is 0.000000960. The van der Waals surface area contributed by atoms with Gasteiger partial charge in [-0.1, -0.05) is 6.42 Å². The summed E-state index contributed by atoms with van der Waals surface area (Å²) in [6, 6.07) is 0.640. The summed E-state index contributed by atoms with van der Waals surface area (Å²) >= 11 is 0. The molecule has 4 rings (SSSR count). The highest BCUT2D eigenvalue weighted by Crippen LogP contribution is 2.46. The molecule has 2 aliphatic carbocycles. The average Bonchev–Trinajstić information content (AvgIpc) is 3.23. The summed E-state index contributed by atoms with van der Waals surface area (Å²) in [7, 11) is 0. The molecule has 2 aliphatic heterocycles. The number of piperazine rings is 1. The highest BCUT2D eigenvalue weighted by Gasteiger charge is 2.43. The van der Waals surface area contributed by atoms with Gasteiger partial charge in [-0.25, -0.2) is 0 Å². The Kier molecular flexibility index (Phi) is 6.59. The van der Waals surface area contributed by atoms with E-state index in [2.05, 4.69) is 10.2 Å². The van der Waals surface area contributed by atoms with Gasteiger partial charge in [0.05, 0.1) is 12.1 Å². The van der Waals surface area contributed by atoms with Gasteiger partial charge in [0.1, 0.15) is 0 Å². The van der Waals surface area contributed by atoms with Crippen molar-refractivity contribution in [2.45, 2.75) is 50.3 Å². The first kappa shape index (κ1) is 19.3. The minimum Gasteiger partial charge on any atom is -0.392 e. The van der Waals surface area contributed by atoms with Gasteiger partial charge in [0.2, 0.25) is 5.91 Å². The Bertz CT molecular complexity index is 418. The number of hydrogen-bond donors (Lipinski definition) is 2. The van der Waals surface area contributed by atoms with E-state index < -0.39 is 0 Å². The first-order chi connectivity index (χ1) is 10.2. The number of nitrogens with one attached hydrogen (secondary N) is 1. The summed E-state index contributed by atoms with van der Waals surface area (Å²) < 4.78 is 0. The van der Waals surface area contributed by atoms with Crippen LogP contribution >= 0.6 is 24.8 Å². The molecule has 23 heavy (non-hydrogen) atoms. The van der Waals surface area contributed by atoms with E-state index in [1.807, 2.05) is 4.90 Å². The lowest BCUT2D eigenvalue weighted by molar-refractivity contribution is -0.135. The summed E-state index contributed by atoms with van der Waals surface area (Å²) in [4.78, 5) is 17.1. The third-order valence-corrected chi connectivity index (χ3v) is 6.20. The van der Waals surface area contributed by atoms with Crippen molar-refractivity contribution in [3.63, 3.8) is 0 Å². The number of aliphatic hydroxyl groups is 1. The zero-order valence-electron chi connectivity index (χ0n) is 13.5. The minimum atomic E-state index is -0.353. The van der Waals surface area contributed by atoms with Crippen LogP contribution in [-0.2, 0) is 4.79 Å². The molecule has 1 amide bonds. The highest BCUT2D eigenvalue weighted by molar-refractivity contribution is 5.85. The molecule has 0 radical (unpaired) electrons. The smallest absolute Gasteiger partial charge is 0.239 e. The second kappa shape index (κ2) is 7.87. The first-order valence-corrected chi connectivity index (χ1v) is 8.65. The van der Waals surface area contributed by atoms with Gasteiger partial charge < -0.3 is 15.3 Å². The molecule has 5 unspecified atom stereocenters. The van der Waals surface area contributed by atoms with Crippen LogP contribution in [0.15, 0.2) is 0 Å². The van der Waals surface area contributed by atoms with Gasteiger partial charge in [-0.15, -0.1) is 24.8 Å². The Morgan fingerprint density at radius 1 is 1.00 bits per heavy atom. The summed E-state index contributed by atoms with van der Waals surface area (Å²) in [6.45, 7) is 4.35. The fraction of sp³-hybridized carbons (Fsp3) is 0.938. The number of nitrogens with zero attached hydrogens (tertiary/aromatic N) is 2. The quantitative estimate of drug-likeness (QED) is 0.762. The maximum atomic E-state index is 12.4. The number of aliphatic hydroxyl groups excluding tert-OH is 1. The molecule has 2 bridgehead atoms. The lowest BCUT2D eigenvalue weighted by atomic mass is 9.93. The van der Waals surface area contributed by atoms with E-state index in [9.17, 15) is 9.90 Å². The van der Waals surface area contributed by atoms with Crippen LogP contribution in [0.25, 0.3) is 0 Å². The van der Waals surface area contributed by atoms with Crippen LogP contribution in [0.2, 0.25) is 0 Å². The zero-order chi connectivity index (χ0) is 14.4. The van der Waals surface area contributed by atoms with E-state index in [1.165, 1.54) is 25.7 Å². The maximum Gasteiger partial charge on any atom is 0.239 e. The van der Waals surface area contributed by atoms with E-state index in [0.717, 1.165) is 44.1 Å². The van der Waals surface area contributed by atoms with Crippen molar-refractivity contribution in [1.29, 1.82) is 0 Å². The molecule has 0 aromatic carbocycles. The third-order valence-electron chi connectivity index (χ3n) is 6.20. The second-order valence-corrected chi connectivity index (χ2v) is 7.45. The third kappa shape index (κ3) is 3.79. The summed E-state index contributed by atoms with van der Waals surface area (Å²) in [5.74, 6) is 2.12. The fourth-order valence-corrected chi connectivity index (χ4v) is 5.06. The van der Waals surface area contributed by atoms with Crippen molar-refractivity contribution in [2.24, 2.45) is 11.8 Å². The minimum absolute atomic E-state index is 0. The molecule has 2 saturated carbocycles. The Morgan fingerprint density at radius 2 is 1.74 bits per heavy atom. The van der Waals surface area contributed by atoms with Gasteiger partial charge in [0.15, 0.2) is 0 Å². The maximum absolute atomic E-state index is 12.4. The zero-order valence-corrected chi connectivity index (χ0v) is 15.2. The van der Waals surface area contributed by atoms with E-state index >= 15 is 0 Å². The van der Waals surface area contributed by atoms with Crippen molar-refractivity contribution in [2.75, 3.05) is 32.7 Å². The lowest BCUT2D eigenvalue weighted by Crippen LogP contribution is -2.55. The normalized spacial score (nSPS) is 39.9. The van der Waals surface area contributed by atoms with Crippen LogP contribution in [-0.4, -0.2) is 71.7 Å². The monoisotopic (exact) mass is 365 g/mol. The van der Waals surface area contributed by atoms with Crippen LogP contribution in [0.5, 0.6) is 0 Å². The van der Waals surface area contributed by atoms with Gasteiger partial charge in [0, 0.05) is 38.8 Å². The molecule has 5 nitrogen and oxygen atoms in total. The van der Waals surface area contributed by atoms with Crippen LogP contribution < -0.4 is 5.32 Å². The fourth-order valence-electron chi connectivity index (χ4n) is 5.06. The standard InChI is InChI=1S/C16H27N3O2.2ClH/c20-13-9-14(17-10-13)16(21)19-5-3-18(4-6-19)15-8-11-1-2-12(15)7-11;;/h11-15,17,20H,1-10H2;2*1H. The SMILES string of the molecule is Cl.Cl.O=C(C1CC(O)CN1)N1CCN(C2CC3CCC2C3)CC1. The summed E-state index contributed by atoms with van der Waals surface area (Å²) in [6.07, 6.45) is 5.95. The number of β-amino-alcohol motifs (C(OH)–C–C–N with tert-alkyl or cyclic N) is 1. The van der Waals surface area contributed by atoms with Crippen molar-refractivity contribution in [1.82, 2.24) is 15.1 Å². The molecule has 7 heteroatoms. The first-order valence-electron chi connectivity index (χ1n) is 8.65. The van der Waals surface area contributed by atoms with Crippen LogP contribution in [0.3, 0.4) is 0 Å². The van der Waals surface area contributed by atoms with Crippen molar-refractivity contribution >= 4 is 30.7 Å². The molecule has 2 heterocycles. The van der Waals surface area contributed by atoms with E-state index in [-0.39, 0.29) is 42.9 Å². The molecule has 0 spiro atoms. The summed E-state index contributed by atoms with van der Waals surface area (Å²) in [5, 5.41) is 12.7. The van der Waals surface area contributed by atoms with Crippen LogP contribution in [0.1, 0.15) is 32.1 Å². The second-order valence-electron chi connectivity index (χ2n) is 7.45. The Labute approximate surface area is 151 Å². The van der Waals surface area contributed by atoms with Crippen molar-refractivity contribution in [3.05, 3.63) is 0 Å². The molecule has 5 atom stereocenters. The number of amides is 1. The predicted octanol–water partition coefficient (Wildman–Crippen LogP) is 0.886. The molecular weight excluding hydrogens is 337 g/mol. The number of hydrogen-bond acceptors (Lipinski definition) is 4. The number of halogens is 2. The van der Waals surface area contributed by atoms with Crippen molar-refractivity contribution < 1.29 is 9.90 Å². The largest absolute Gasteiger partial charge is 0.392 e. The molecule has 134 valence electrons. The van der Waals surface area contributed by atoms with E-state index in [1.54, 1.807) is 0 Å². The van der Waals surface area contributed by atoms with Gasteiger partial charge in [-0.3, -0.25) is 9.69 Å². The van der Waals surface area contributed by atoms with Gasteiger partial charge in [-0.05, 0) is 37.5 Å². The number of carbonyl (C=O) groups excluding carboxylic acids is 1. The molecule has 4 aliphatic rings. The highest BCUT2D eigenvalue weighted by atomic mass is 35.5. The number of fused-ring (bicyclic) bond motifs is 2. The molecule has 0 aromatic heterocycles. The molecule has 2 saturated heterocycles. The molecule has 4 fully saturated rings. The van der Waals surface area contributed by atoms with Gasteiger partial charge in [-0.2, -0.15) is 0 Å². The number of carbonyl (C=O) groups is 1. The Hall–Kier alpha value is -0.0700. The molecule has 2 N–H and O–H groups in total. The molecule has 0 aromatic rings. The van der Waals surface area contributed by atoms with E-state index in [4.69, 9.17) is 0 Å². The Morgan fingerprint density at radius 3 is 2.26 bits per heavy atom. The summed E-state index contributed by atoms with van der Waals surface area (Å²) in [5.41, 5.74) is 0. The average molecular weight is 366 g/mol. The molecular formula is C16H29Cl2N3O2. The van der Waals surface area contributed by atoms with Crippen LogP contribution in [0, 0.1) is 11.8 Å². The van der Waals surface area contributed by atoms with E-state index in [0.29, 0.717) is 13.0 Å². The van der Waals surface area contributed by atoms with Gasteiger partial charge >= 0.3 is 0 Å². The predicted molar refractivity (Wildman–Crippen MR) is 94.3 cm³/mol. The number of rotatable bonds is 2. The topological polar surface area (TPSA) is 55.8 Å². The lowest BCUT2D eigenvalue weighted by Gasteiger charge is -2.41. The van der Waals surface area contributed by atoms with Crippen LogP contribution in [0.4, 0.5) is 0 Å².